The van der Waals surface area contributed by atoms with Crippen LogP contribution in [0.1, 0.15) is 5.56 Å². The summed E-state index contributed by atoms with van der Waals surface area (Å²) in [4.78, 5) is 4.27. The van der Waals surface area contributed by atoms with Crippen LogP contribution in [-0.2, 0) is 16.4 Å². The van der Waals surface area contributed by atoms with Crippen molar-refractivity contribution >= 4 is 31.6 Å². The molecule has 0 aliphatic heterocycles. The molecule has 0 saturated carbocycles. The van der Waals surface area contributed by atoms with Crippen LogP contribution in [0.5, 0.6) is 11.5 Å². The molecule has 0 unspecified atom stereocenters. The molecule has 1 aromatic heterocycles. The first kappa shape index (κ1) is 17.6. The summed E-state index contributed by atoms with van der Waals surface area (Å²) in [5, 5.41) is 3.04. The number of hydrogen-bond donors (Lipinski definition) is 1. The molecule has 1 N–H and O–H groups in total. The zero-order valence-corrected chi connectivity index (χ0v) is 15.4. The molecule has 2 rings (SSSR count). The highest BCUT2D eigenvalue weighted by molar-refractivity contribution is 9.10. The minimum atomic E-state index is -3.35. The Bertz CT molecular complexity index is 809. The molecule has 1 heterocycles. The third-order valence-corrected chi connectivity index (χ3v) is 4.84. The standard InChI is InChI=1S/C15H17BrN2O4S/c1-21-12-8-10(7-11(16)14(12)22-2)9-18-15-13(23(3,19)20)5-4-6-17-15/h4-8H,9H2,1-3H3,(H,17,18). The Morgan fingerprint density at radius 1 is 1.26 bits per heavy atom. The molecule has 124 valence electrons. The Kier molecular flexibility index (Phi) is 5.48. The number of pyridine rings is 1. The van der Waals surface area contributed by atoms with E-state index in [2.05, 4.69) is 26.2 Å². The van der Waals surface area contributed by atoms with Gasteiger partial charge in [0.1, 0.15) is 10.7 Å². The number of aromatic nitrogens is 1. The van der Waals surface area contributed by atoms with Gasteiger partial charge < -0.3 is 14.8 Å². The molecule has 8 heteroatoms. The molecule has 0 saturated heterocycles. The molecule has 0 amide bonds. The lowest BCUT2D eigenvalue weighted by molar-refractivity contribution is 0.352. The van der Waals surface area contributed by atoms with Crippen molar-refractivity contribution in [2.45, 2.75) is 11.4 Å². The van der Waals surface area contributed by atoms with Gasteiger partial charge in [-0.15, -0.1) is 0 Å². The highest BCUT2D eigenvalue weighted by Crippen LogP contribution is 2.36. The fraction of sp³-hybridized carbons (Fsp3) is 0.267. The predicted molar refractivity (Wildman–Crippen MR) is 91.9 cm³/mol. The summed E-state index contributed by atoms with van der Waals surface area (Å²) in [5.74, 6) is 1.51. The quantitative estimate of drug-likeness (QED) is 0.802. The normalized spacial score (nSPS) is 11.1. The molecule has 0 spiro atoms. The Morgan fingerprint density at radius 2 is 2.00 bits per heavy atom. The van der Waals surface area contributed by atoms with Crippen LogP contribution in [-0.4, -0.2) is 33.9 Å². The number of hydrogen-bond acceptors (Lipinski definition) is 6. The third-order valence-electron chi connectivity index (χ3n) is 3.12. The average Bonchev–Trinajstić information content (AvgIpc) is 2.51. The van der Waals surface area contributed by atoms with Crippen LogP contribution in [0.4, 0.5) is 5.82 Å². The number of nitrogens with one attached hydrogen (secondary N) is 1. The van der Waals surface area contributed by atoms with E-state index in [1.54, 1.807) is 26.5 Å². The first-order chi connectivity index (χ1) is 10.9. The van der Waals surface area contributed by atoms with Gasteiger partial charge in [-0.2, -0.15) is 0 Å². The first-order valence-corrected chi connectivity index (χ1v) is 9.34. The SMILES string of the molecule is COc1cc(CNc2ncccc2S(C)(=O)=O)cc(Br)c1OC. The molecule has 0 atom stereocenters. The van der Waals surface area contributed by atoms with Crippen molar-refractivity contribution in [3.05, 3.63) is 40.5 Å². The minimum Gasteiger partial charge on any atom is -0.493 e. The molecule has 1 aromatic carbocycles. The second-order valence-electron chi connectivity index (χ2n) is 4.79. The molecule has 2 aromatic rings. The zero-order valence-electron chi connectivity index (χ0n) is 13.0. The molecule has 0 aliphatic carbocycles. The summed E-state index contributed by atoms with van der Waals surface area (Å²) in [5.41, 5.74) is 0.889. The van der Waals surface area contributed by atoms with Crippen molar-refractivity contribution in [1.82, 2.24) is 4.98 Å². The van der Waals surface area contributed by atoms with Crippen LogP contribution in [0.25, 0.3) is 0 Å². The summed E-state index contributed by atoms with van der Waals surface area (Å²) < 4.78 is 34.9. The van der Waals surface area contributed by atoms with E-state index in [4.69, 9.17) is 9.47 Å². The third kappa shape index (κ3) is 4.14. The van der Waals surface area contributed by atoms with Crippen LogP contribution in [0, 0.1) is 0 Å². The van der Waals surface area contributed by atoms with Crippen molar-refractivity contribution in [2.75, 3.05) is 25.8 Å². The van der Waals surface area contributed by atoms with Crippen LogP contribution >= 0.6 is 15.9 Å². The summed E-state index contributed by atoms with van der Waals surface area (Å²) in [6.07, 6.45) is 2.70. The predicted octanol–water partition coefficient (Wildman–Crippen LogP) is 2.88. The molecular weight excluding hydrogens is 384 g/mol. The molecule has 0 fully saturated rings. The van der Waals surface area contributed by atoms with Crippen molar-refractivity contribution < 1.29 is 17.9 Å². The van der Waals surface area contributed by atoms with Crippen molar-refractivity contribution in [3.63, 3.8) is 0 Å². The van der Waals surface area contributed by atoms with Crippen LogP contribution in [0.2, 0.25) is 0 Å². The van der Waals surface area contributed by atoms with E-state index < -0.39 is 9.84 Å². The number of methoxy groups -OCH3 is 2. The van der Waals surface area contributed by atoms with E-state index in [1.807, 2.05) is 12.1 Å². The Morgan fingerprint density at radius 3 is 2.61 bits per heavy atom. The lowest BCUT2D eigenvalue weighted by Gasteiger charge is -2.13. The molecular formula is C15H17BrN2O4S. The molecule has 6 nitrogen and oxygen atoms in total. The van der Waals surface area contributed by atoms with Gasteiger partial charge in [-0.3, -0.25) is 0 Å². The fourth-order valence-electron chi connectivity index (χ4n) is 2.08. The number of anilines is 1. The number of benzene rings is 1. The summed E-state index contributed by atoms with van der Waals surface area (Å²) in [6, 6.07) is 6.81. The van der Waals surface area contributed by atoms with Crippen LogP contribution in [0.3, 0.4) is 0 Å². The highest BCUT2D eigenvalue weighted by Gasteiger charge is 2.15. The van der Waals surface area contributed by atoms with Crippen molar-refractivity contribution in [3.8, 4) is 11.5 Å². The smallest absolute Gasteiger partial charge is 0.179 e. The van der Waals surface area contributed by atoms with Crippen molar-refractivity contribution in [2.24, 2.45) is 0 Å². The van der Waals surface area contributed by atoms with E-state index in [0.717, 1.165) is 16.3 Å². The average molecular weight is 401 g/mol. The molecule has 23 heavy (non-hydrogen) atoms. The van der Waals surface area contributed by atoms with E-state index in [9.17, 15) is 8.42 Å². The van der Waals surface area contributed by atoms with Gasteiger partial charge in [-0.1, -0.05) is 0 Å². The highest BCUT2D eigenvalue weighted by atomic mass is 79.9. The number of halogens is 1. The largest absolute Gasteiger partial charge is 0.493 e. The monoisotopic (exact) mass is 400 g/mol. The van der Waals surface area contributed by atoms with Gasteiger partial charge >= 0.3 is 0 Å². The second kappa shape index (κ2) is 7.18. The fourth-order valence-corrected chi connectivity index (χ4v) is 3.53. The minimum absolute atomic E-state index is 0.166. The number of sulfone groups is 1. The van der Waals surface area contributed by atoms with Gasteiger partial charge in [0.25, 0.3) is 0 Å². The topological polar surface area (TPSA) is 77.5 Å². The van der Waals surface area contributed by atoms with Gasteiger partial charge in [-0.05, 0) is 45.8 Å². The maximum absolute atomic E-state index is 11.8. The Labute approximate surface area is 143 Å². The Balaban J connectivity index is 2.28. The van der Waals surface area contributed by atoms with E-state index in [1.165, 1.54) is 6.07 Å². The van der Waals surface area contributed by atoms with Gasteiger partial charge in [0.15, 0.2) is 21.3 Å². The maximum atomic E-state index is 11.8. The maximum Gasteiger partial charge on any atom is 0.179 e. The lowest BCUT2D eigenvalue weighted by Crippen LogP contribution is -2.08. The Hall–Kier alpha value is -1.80. The molecule has 0 aliphatic rings. The summed E-state index contributed by atoms with van der Waals surface area (Å²) in [6.45, 7) is 0.387. The van der Waals surface area contributed by atoms with Gasteiger partial charge in [0, 0.05) is 19.0 Å². The summed E-state index contributed by atoms with van der Waals surface area (Å²) >= 11 is 3.43. The second-order valence-corrected chi connectivity index (χ2v) is 7.63. The number of nitrogens with zero attached hydrogens (tertiary/aromatic N) is 1. The lowest BCUT2D eigenvalue weighted by atomic mass is 10.2. The van der Waals surface area contributed by atoms with Crippen LogP contribution in [0.15, 0.2) is 39.8 Å². The molecule has 0 radical (unpaired) electrons. The van der Waals surface area contributed by atoms with E-state index in [-0.39, 0.29) is 4.90 Å². The first-order valence-electron chi connectivity index (χ1n) is 6.66. The summed E-state index contributed by atoms with van der Waals surface area (Å²) in [7, 11) is -0.229. The van der Waals surface area contributed by atoms with E-state index >= 15 is 0 Å². The van der Waals surface area contributed by atoms with Gasteiger partial charge in [0.2, 0.25) is 0 Å². The number of ether oxygens (including phenoxy) is 2. The van der Waals surface area contributed by atoms with Crippen LogP contribution < -0.4 is 14.8 Å². The van der Waals surface area contributed by atoms with Crippen molar-refractivity contribution in [1.29, 1.82) is 0 Å². The van der Waals surface area contributed by atoms with Gasteiger partial charge in [-0.25, -0.2) is 13.4 Å². The van der Waals surface area contributed by atoms with Gasteiger partial charge in [0.05, 0.1) is 18.7 Å². The molecule has 0 bridgehead atoms. The number of rotatable bonds is 6. The van der Waals surface area contributed by atoms with E-state index in [0.29, 0.717) is 23.9 Å². The zero-order chi connectivity index (χ0) is 17.0.